The first kappa shape index (κ1) is 29.4. The van der Waals surface area contributed by atoms with Gasteiger partial charge in [-0.2, -0.15) is 12.6 Å². The number of nitrogens with one attached hydrogen (secondary N) is 3. The molecule has 0 bridgehead atoms. The van der Waals surface area contributed by atoms with Crippen molar-refractivity contribution in [3.05, 3.63) is 35.9 Å². The van der Waals surface area contributed by atoms with E-state index in [1.807, 2.05) is 0 Å². The lowest BCUT2D eigenvalue weighted by atomic mass is 10.0. The lowest BCUT2D eigenvalue weighted by Gasteiger charge is -2.26. The second-order valence-corrected chi connectivity index (χ2v) is 8.32. The molecule has 5 unspecified atom stereocenters. The number of aliphatic hydroxyl groups is 1. The Hall–Kier alpha value is -2.67. The van der Waals surface area contributed by atoms with Crippen LogP contribution in [0.4, 0.5) is 0 Å². The van der Waals surface area contributed by atoms with E-state index < -0.39 is 54.0 Å². The molecule has 1 aromatic carbocycles. The Kier molecular flexibility index (Phi) is 13.2. The van der Waals surface area contributed by atoms with Crippen LogP contribution in [-0.4, -0.2) is 76.5 Å². The van der Waals surface area contributed by atoms with Crippen molar-refractivity contribution in [2.24, 2.45) is 11.5 Å². The van der Waals surface area contributed by atoms with Gasteiger partial charge in [-0.15, -0.1) is 0 Å². The standard InChI is InChI=1S/C22H35N5O6S/c1-13(28)18(21(31)26-17(12-34)22(32)33)27-20(30)16(11-14-7-3-2-4-8-14)25-19(29)15(24)9-5-6-10-23/h2-4,7-8,13,15-18,28,34H,5-6,9-12,23-24H2,1H3,(H,25,29)(H,26,31)(H,27,30)(H,32,33). The number of carboxylic acids is 1. The second kappa shape index (κ2) is 15.3. The molecule has 9 N–H and O–H groups in total. The molecule has 0 aliphatic rings. The molecule has 0 aliphatic carbocycles. The Labute approximate surface area is 204 Å². The SMILES string of the molecule is CC(O)C(NC(=O)C(Cc1ccccc1)NC(=O)C(N)CCCCN)C(=O)NC(CS)C(=O)O. The van der Waals surface area contributed by atoms with Gasteiger partial charge in [0.05, 0.1) is 12.1 Å². The van der Waals surface area contributed by atoms with Crippen molar-refractivity contribution < 1.29 is 29.4 Å². The van der Waals surface area contributed by atoms with E-state index in [9.17, 15) is 24.3 Å². The third-order valence-electron chi connectivity index (χ3n) is 5.08. The number of aliphatic hydroxyl groups excluding tert-OH is 1. The molecule has 190 valence electrons. The Morgan fingerprint density at radius 2 is 1.59 bits per heavy atom. The normalized spacial score (nSPS) is 15.3. The maximum atomic E-state index is 13.1. The monoisotopic (exact) mass is 497 g/mol. The summed E-state index contributed by atoms with van der Waals surface area (Å²) in [5, 5.41) is 26.4. The largest absolute Gasteiger partial charge is 0.480 e. The van der Waals surface area contributed by atoms with Gasteiger partial charge in [-0.05, 0) is 31.9 Å². The van der Waals surface area contributed by atoms with Gasteiger partial charge in [0, 0.05) is 12.2 Å². The highest BCUT2D eigenvalue weighted by Crippen LogP contribution is 2.07. The van der Waals surface area contributed by atoms with E-state index in [0.29, 0.717) is 25.8 Å². The minimum absolute atomic E-state index is 0.108. The zero-order chi connectivity index (χ0) is 25.7. The van der Waals surface area contributed by atoms with E-state index in [4.69, 9.17) is 16.6 Å². The van der Waals surface area contributed by atoms with E-state index in [1.54, 1.807) is 30.3 Å². The summed E-state index contributed by atoms with van der Waals surface area (Å²) in [7, 11) is 0. The van der Waals surface area contributed by atoms with Crippen LogP contribution in [0.2, 0.25) is 0 Å². The van der Waals surface area contributed by atoms with Crippen LogP contribution < -0.4 is 27.4 Å². The maximum Gasteiger partial charge on any atom is 0.327 e. The van der Waals surface area contributed by atoms with E-state index in [2.05, 4.69) is 28.6 Å². The Morgan fingerprint density at radius 1 is 0.971 bits per heavy atom. The Balaban J connectivity index is 3.00. The van der Waals surface area contributed by atoms with Gasteiger partial charge in [-0.1, -0.05) is 36.8 Å². The fourth-order valence-corrected chi connectivity index (χ4v) is 3.33. The highest BCUT2D eigenvalue weighted by atomic mass is 32.1. The first-order valence-electron chi connectivity index (χ1n) is 11.0. The molecule has 0 aliphatic heterocycles. The summed E-state index contributed by atoms with van der Waals surface area (Å²) in [5.74, 6) is -3.65. The minimum Gasteiger partial charge on any atom is -0.480 e. The average Bonchev–Trinajstić information content (AvgIpc) is 2.80. The van der Waals surface area contributed by atoms with E-state index in [0.717, 1.165) is 5.56 Å². The van der Waals surface area contributed by atoms with Gasteiger partial charge in [0.2, 0.25) is 17.7 Å². The third-order valence-corrected chi connectivity index (χ3v) is 5.45. The van der Waals surface area contributed by atoms with Crippen molar-refractivity contribution in [3.8, 4) is 0 Å². The average molecular weight is 498 g/mol. The van der Waals surface area contributed by atoms with Crippen LogP contribution in [0.25, 0.3) is 0 Å². The van der Waals surface area contributed by atoms with E-state index >= 15 is 0 Å². The minimum atomic E-state index is -1.46. The van der Waals surface area contributed by atoms with Crippen LogP contribution >= 0.6 is 12.6 Å². The Bertz CT molecular complexity index is 810. The summed E-state index contributed by atoms with van der Waals surface area (Å²) >= 11 is 3.88. The van der Waals surface area contributed by atoms with Gasteiger partial charge in [0.1, 0.15) is 18.1 Å². The molecular weight excluding hydrogens is 462 g/mol. The topological polar surface area (TPSA) is 197 Å². The van der Waals surface area contributed by atoms with Crippen molar-refractivity contribution >= 4 is 36.3 Å². The molecule has 0 heterocycles. The van der Waals surface area contributed by atoms with Gasteiger partial charge in [-0.25, -0.2) is 4.79 Å². The first-order valence-corrected chi connectivity index (χ1v) is 11.7. The summed E-state index contributed by atoms with van der Waals surface area (Å²) in [6.07, 6.45) is 0.521. The zero-order valence-electron chi connectivity index (χ0n) is 19.1. The molecule has 0 spiro atoms. The molecule has 5 atom stereocenters. The van der Waals surface area contributed by atoms with Gasteiger partial charge in [-0.3, -0.25) is 14.4 Å². The lowest BCUT2D eigenvalue weighted by molar-refractivity contribution is -0.142. The highest BCUT2D eigenvalue weighted by Gasteiger charge is 2.32. The fourth-order valence-electron chi connectivity index (χ4n) is 3.08. The number of carbonyl (C=O) groups is 4. The van der Waals surface area contributed by atoms with Crippen molar-refractivity contribution in [1.82, 2.24) is 16.0 Å². The van der Waals surface area contributed by atoms with Crippen molar-refractivity contribution in [2.75, 3.05) is 12.3 Å². The third kappa shape index (κ3) is 10.1. The quantitative estimate of drug-likeness (QED) is 0.106. The van der Waals surface area contributed by atoms with Crippen molar-refractivity contribution in [3.63, 3.8) is 0 Å². The first-order chi connectivity index (χ1) is 16.1. The van der Waals surface area contributed by atoms with Crippen LogP contribution in [0, 0.1) is 0 Å². The molecule has 1 rings (SSSR count). The van der Waals surface area contributed by atoms with Gasteiger partial charge in [0.25, 0.3) is 0 Å². The molecule has 1 aromatic rings. The van der Waals surface area contributed by atoms with Gasteiger partial charge < -0.3 is 37.6 Å². The van der Waals surface area contributed by atoms with Crippen LogP contribution in [0.3, 0.4) is 0 Å². The molecule has 34 heavy (non-hydrogen) atoms. The molecule has 12 heteroatoms. The summed E-state index contributed by atoms with van der Waals surface area (Å²) in [6, 6.07) is 4.21. The number of carbonyl (C=O) groups excluding carboxylic acids is 3. The number of benzene rings is 1. The molecule has 3 amide bonds. The number of hydrogen-bond donors (Lipinski definition) is 8. The smallest absolute Gasteiger partial charge is 0.327 e. The van der Waals surface area contributed by atoms with E-state index in [-0.39, 0.29) is 12.2 Å². The molecule has 11 nitrogen and oxygen atoms in total. The van der Waals surface area contributed by atoms with Crippen LogP contribution in [0.5, 0.6) is 0 Å². The molecule has 0 aromatic heterocycles. The fraction of sp³-hybridized carbons (Fsp3) is 0.545. The summed E-state index contributed by atoms with van der Waals surface area (Å²) in [6.45, 7) is 1.76. The number of rotatable bonds is 15. The summed E-state index contributed by atoms with van der Waals surface area (Å²) in [4.78, 5) is 49.4. The summed E-state index contributed by atoms with van der Waals surface area (Å²) in [5.41, 5.74) is 12.2. The van der Waals surface area contributed by atoms with Crippen LogP contribution in [0.15, 0.2) is 30.3 Å². The predicted molar refractivity (Wildman–Crippen MR) is 130 cm³/mol. The lowest BCUT2D eigenvalue weighted by Crippen LogP contribution is -2.60. The predicted octanol–water partition coefficient (Wildman–Crippen LogP) is -1.46. The zero-order valence-corrected chi connectivity index (χ0v) is 20.0. The maximum absolute atomic E-state index is 13.1. The number of aliphatic carboxylic acids is 1. The molecule has 0 saturated carbocycles. The van der Waals surface area contributed by atoms with E-state index in [1.165, 1.54) is 6.92 Å². The number of unbranched alkanes of at least 4 members (excludes halogenated alkanes) is 1. The van der Waals surface area contributed by atoms with Crippen molar-refractivity contribution in [1.29, 1.82) is 0 Å². The number of amides is 3. The second-order valence-electron chi connectivity index (χ2n) is 7.95. The van der Waals surface area contributed by atoms with Crippen molar-refractivity contribution in [2.45, 2.75) is 62.9 Å². The van der Waals surface area contributed by atoms with Crippen LogP contribution in [-0.2, 0) is 25.6 Å². The molecule has 0 fully saturated rings. The number of nitrogens with two attached hydrogens (primary N) is 2. The summed E-state index contributed by atoms with van der Waals surface area (Å²) < 4.78 is 0. The van der Waals surface area contributed by atoms with Crippen LogP contribution in [0.1, 0.15) is 31.7 Å². The number of hydrogen-bond acceptors (Lipinski definition) is 8. The molecule has 0 radical (unpaired) electrons. The number of thiol groups is 1. The van der Waals surface area contributed by atoms with Gasteiger partial charge in [0.15, 0.2) is 0 Å². The molecule has 0 saturated heterocycles. The Morgan fingerprint density at radius 3 is 2.12 bits per heavy atom. The van der Waals surface area contributed by atoms with Gasteiger partial charge >= 0.3 is 5.97 Å². The number of carboxylic acid groups (broad SMARTS) is 1. The highest BCUT2D eigenvalue weighted by molar-refractivity contribution is 7.80. The molecular formula is C22H35N5O6S.